The van der Waals surface area contributed by atoms with Gasteiger partial charge in [0.05, 0.1) is 25.4 Å². The molecular weight excluding hydrogens is 352 g/mol. The second-order valence-electron chi connectivity index (χ2n) is 6.27. The summed E-state index contributed by atoms with van der Waals surface area (Å²) in [6.45, 7) is 2.80. The van der Waals surface area contributed by atoms with Gasteiger partial charge in [0.15, 0.2) is 0 Å². The molecule has 3 amide bonds. The number of para-hydroxylation sites is 2. The van der Waals surface area contributed by atoms with E-state index in [2.05, 4.69) is 10.3 Å². The Labute approximate surface area is 156 Å². The third-order valence-electron chi connectivity index (χ3n) is 4.21. The summed E-state index contributed by atoms with van der Waals surface area (Å²) in [5.41, 5.74) is 1.68. The first-order chi connectivity index (χ1) is 12.5. The molecular formula is C18H22N4O3S. The lowest BCUT2D eigenvalue weighted by Gasteiger charge is -2.21. The van der Waals surface area contributed by atoms with Crippen LogP contribution in [0.25, 0.3) is 0 Å². The van der Waals surface area contributed by atoms with E-state index in [9.17, 15) is 9.59 Å². The maximum Gasteiger partial charge on any atom is 0.317 e. The van der Waals surface area contributed by atoms with E-state index in [0.717, 1.165) is 16.4 Å². The van der Waals surface area contributed by atoms with Gasteiger partial charge in [-0.2, -0.15) is 0 Å². The van der Waals surface area contributed by atoms with Gasteiger partial charge in [-0.3, -0.25) is 4.79 Å². The SMILES string of the molecule is COc1ccccc1N1C[C@@H](NC(=O)N(C)Cc2nc(C)cs2)CC1=O. The second-order valence-corrected chi connectivity index (χ2v) is 7.21. The van der Waals surface area contributed by atoms with Crippen LogP contribution in [0.1, 0.15) is 17.1 Å². The van der Waals surface area contributed by atoms with Crippen LogP contribution < -0.4 is 15.0 Å². The number of nitrogens with one attached hydrogen (secondary N) is 1. The van der Waals surface area contributed by atoms with Gasteiger partial charge in [-0.1, -0.05) is 12.1 Å². The van der Waals surface area contributed by atoms with Crippen molar-refractivity contribution in [1.82, 2.24) is 15.2 Å². The highest BCUT2D eigenvalue weighted by Gasteiger charge is 2.33. The van der Waals surface area contributed by atoms with Crippen molar-refractivity contribution in [2.45, 2.75) is 25.9 Å². The number of amides is 3. The van der Waals surface area contributed by atoms with Gasteiger partial charge >= 0.3 is 6.03 Å². The van der Waals surface area contributed by atoms with E-state index in [0.29, 0.717) is 18.8 Å². The molecule has 1 atom stereocenters. The number of carbonyl (C=O) groups excluding carboxylic acids is 2. The van der Waals surface area contributed by atoms with E-state index in [1.807, 2.05) is 36.6 Å². The van der Waals surface area contributed by atoms with Crippen LogP contribution in [-0.4, -0.2) is 48.6 Å². The monoisotopic (exact) mass is 374 g/mol. The highest BCUT2D eigenvalue weighted by molar-refractivity contribution is 7.09. The maximum atomic E-state index is 12.4. The molecule has 1 aromatic carbocycles. The minimum atomic E-state index is -0.236. The van der Waals surface area contributed by atoms with Crippen LogP contribution in [0.4, 0.5) is 10.5 Å². The normalized spacial score (nSPS) is 16.7. The number of methoxy groups -OCH3 is 1. The Bertz CT molecular complexity index is 807. The molecule has 1 aliphatic heterocycles. The zero-order chi connectivity index (χ0) is 18.7. The summed E-state index contributed by atoms with van der Waals surface area (Å²) in [5.74, 6) is 0.613. The van der Waals surface area contributed by atoms with Gasteiger partial charge in [0.1, 0.15) is 10.8 Å². The molecule has 0 spiro atoms. The largest absolute Gasteiger partial charge is 0.495 e. The highest BCUT2D eigenvalue weighted by Crippen LogP contribution is 2.31. The van der Waals surface area contributed by atoms with Crippen LogP contribution in [0.2, 0.25) is 0 Å². The molecule has 1 aromatic heterocycles. The van der Waals surface area contributed by atoms with Gasteiger partial charge in [-0.25, -0.2) is 9.78 Å². The summed E-state index contributed by atoms with van der Waals surface area (Å²) in [5, 5.41) is 5.78. The molecule has 2 aromatic rings. The van der Waals surface area contributed by atoms with Crippen LogP contribution in [-0.2, 0) is 11.3 Å². The van der Waals surface area contributed by atoms with E-state index in [1.165, 1.54) is 11.3 Å². The van der Waals surface area contributed by atoms with Crippen LogP contribution >= 0.6 is 11.3 Å². The summed E-state index contributed by atoms with van der Waals surface area (Å²) >= 11 is 1.53. The second kappa shape index (κ2) is 7.74. The Hall–Kier alpha value is -2.61. The Morgan fingerprint density at radius 1 is 1.46 bits per heavy atom. The van der Waals surface area contributed by atoms with Gasteiger partial charge in [0.25, 0.3) is 0 Å². The number of hydrogen-bond donors (Lipinski definition) is 1. The third-order valence-corrected chi connectivity index (χ3v) is 5.17. The molecule has 26 heavy (non-hydrogen) atoms. The first kappa shape index (κ1) is 18.2. The van der Waals surface area contributed by atoms with Gasteiger partial charge in [-0.05, 0) is 19.1 Å². The summed E-state index contributed by atoms with van der Waals surface area (Å²) in [4.78, 5) is 32.4. The molecule has 1 aliphatic rings. The number of urea groups is 1. The van der Waals surface area contributed by atoms with Crippen molar-refractivity contribution < 1.29 is 14.3 Å². The van der Waals surface area contributed by atoms with E-state index in [4.69, 9.17) is 4.74 Å². The maximum absolute atomic E-state index is 12.4. The Kier molecular flexibility index (Phi) is 5.41. The molecule has 1 saturated heterocycles. The molecule has 0 bridgehead atoms. The zero-order valence-corrected chi connectivity index (χ0v) is 15.9. The zero-order valence-electron chi connectivity index (χ0n) is 15.1. The van der Waals surface area contributed by atoms with Crippen molar-refractivity contribution in [3.05, 3.63) is 40.3 Å². The van der Waals surface area contributed by atoms with Crippen LogP contribution in [0.5, 0.6) is 5.75 Å². The molecule has 7 nitrogen and oxygen atoms in total. The molecule has 138 valence electrons. The van der Waals surface area contributed by atoms with E-state index < -0.39 is 0 Å². The lowest BCUT2D eigenvalue weighted by Crippen LogP contribution is -2.44. The smallest absolute Gasteiger partial charge is 0.317 e. The number of aryl methyl sites for hydroxylation is 1. The molecule has 8 heteroatoms. The summed E-state index contributed by atoms with van der Waals surface area (Å²) in [7, 11) is 3.30. The lowest BCUT2D eigenvalue weighted by molar-refractivity contribution is -0.117. The van der Waals surface area contributed by atoms with E-state index in [-0.39, 0.29) is 24.4 Å². The lowest BCUT2D eigenvalue weighted by atomic mass is 10.2. The number of nitrogens with zero attached hydrogens (tertiary/aromatic N) is 3. The highest BCUT2D eigenvalue weighted by atomic mass is 32.1. The first-order valence-corrected chi connectivity index (χ1v) is 9.22. The average molecular weight is 374 g/mol. The standard InChI is InChI=1S/C18H22N4O3S/c1-12-11-26-16(19-12)10-21(2)18(24)20-13-8-17(23)22(9-13)14-6-4-5-7-15(14)25-3/h4-7,11,13H,8-10H2,1-3H3,(H,20,24)/t13-/m0/s1. The van der Waals surface area contributed by atoms with Gasteiger partial charge in [0.2, 0.25) is 5.91 Å². The molecule has 0 aliphatic carbocycles. The number of aromatic nitrogens is 1. The molecule has 1 N–H and O–H groups in total. The van der Waals surface area contributed by atoms with Crippen LogP contribution in [0.3, 0.4) is 0 Å². The van der Waals surface area contributed by atoms with Crippen molar-refractivity contribution >= 4 is 29.0 Å². The quantitative estimate of drug-likeness (QED) is 0.872. The molecule has 1 fully saturated rings. The number of ether oxygens (including phenoxy) is 1. The van der Waals surface area contributed by atoms with Crippen molar-refractivity contribution in [2.24, 2.45) is 0 Å². The summed E-state index contributed by atoms with van der Waals surface area (Å²) in [6, 6.07) is 6.94. The molecule has 3 rings (SSSR count). The van der Waals surface area contributed by atoms with Crippen molar-refractivity contribution in [3.8, 4) is 5.75 Å². The summed E-state index contributed by atoms with van der Waals surface area (Å²) < 4.78 is 5.33. The Balaban J connectivity index is 1.61. The van der Waals surface area contributed by atoms with E-state index in [1.54, 1.807) is 24.0 Å². The fraction of sp³-hybridized carbons (Fsp3) is 0.389. The van der Waals surface area contributed by atoms with Gasteiger partial charge < -0.3 is 19.9 Å². The topological polar surface area (TPSA) is 74.8 Å². The molecule has 2 heterocycles. The number of rotatable bonds is 5. The number of hydrogen-bond acceptors (Lipinski definition) is 5. The number of thiazole rings is 1. The number of benzene rings is 1. The Morgan fingerprint density at radius 3 is 2.92 bits per heavy atom. The predicted molar refractivity (Wildman–Crippen MR) is 101 cm³/mol. The van der Waals surface area contributed by atoms with Gasteiger partial charge in [-0.15, -0.1) is 11.3 Å². The van der Waals surface area contributed by atoms with Crippen molar-refractivity contribution in [2.75, 3.05) is 25.6 Å². The fourth-order valence-electron chi connectivity index (χ4n) is 2.92. The van der Waals surface area contributed by atoms with Crippen molar-refractivity contribution in [3.63, 3.8) is 0 Å². The molecule has 0 radical (unpaired) electrons. The summed E-state index contributed by atoms with van der Waals surface area (Å²) in [6.07, 6.45) is 0.272. The minimum absolute atomic E-state index is 0.0296. The number of anilines is 1. The third kappa shape index (κ3) is 3.96. The first-order valence-electron chi connectivity index (χ1n) is 8.34. The molecule has 0 unspecified atom stereocenters. The average Bonchev–Trinajstić information content (AvgIpc) is 3.19. The van der Waals surface area contributed by atoms with Crippen LogP contribution in [0, 0.1) is 6.92 Å². The number of carbonyl (C=O) groups is 2. The minimum Gasteiger partial charge on any atom is -0.495 e. The van der Waals surface area contributed by atoms with Gasteiger partial charge in [0, 0.05) is 31.1 Å². The van der Waals surface area contributed by atoms with Crippen molar-refractivity contribution in [1.29, 1.82) is 0 Å². The van der Waals surface area contributed by atoms with E-state index >= 15 is 0 Å². The predicted octanol–water partition coefficient (Wildman–Crippen LogP) is 2.41. The van der Waals surface area contributed by atoms with Crippen LogP contribution in [0.15, 0.2) is 29.6 Å². The molecule has 0 saturated carbocycles. The Morgan fingerprint density at radius 2 is 2.23 bits per heavy atom. The fourth-order valence-corrected chi connectivity index (χ4v) is 3.75.